The second kappa shape index (κ2) is 4.39. The van der Waals surface area contributed by atoms with Crippen molar-refractivity contribution in [1.29, 1.82) is 0 Å². The van der Waals surface area contributed by atoms with Crippen molar-refractivity contribution in [1.82, 2.24) is 4.90 Å². The number of nitrogens with zero attached hydrogens (tertiary/aromatic N) is 1. The fraction of sp³-hybridized carbons (Fsp3) is 0.533. The Morgan fingerprint density at radius 1 is 1.28 bits per heavy atom. The Labute approximate surface area is 107 Å². The number of rotatable bonds is 2. The summed E-state index contributed by atoms with van der Waals surface area (Å²) in [5, 5.41) is 9.50. The van der Waals surface area contributed by atoms with E-state index in [0.717, 1.165) is 19.3 Å². The van der Waals surface area contributed by atoms with Crippen molar-refractivity contribution >= 4 is 5.97 Å². The van der Waals surface area contributed by atoms with Crippen molar-refractivity contribution in [2.75, 3.05) is 7.05 Å². The molecule has 3 heteroatoms. The first kappa shape index (κ1) is 11.7. The van der Waals surface area contributed by atoms with Crippen molar-refractivity contribution in [3.8, 4) is 0 Å². The van der Waals surface area contributed by atoms with Crippen LogP contribution in [0.25, 0.3) is 0 Å². The molecular formula is C15H19NO2. The first-order chi connectivity index (χ1) is 8.68. The first-order valence-electron chi connectivity index (χ1n) is 6.68. The van der Waals surface area contributed by atoms with Gasteiger partial charge in [0.2, 0.25) is 0 Å². The van der Waals surface area contributed by atoms with Crippen LogP contribution in [0.3, 0.4) is 0 Å². The van der Waals surface area contributed by atoms with E-state index in [0.29, 0.717) is 12.1 Å². The SMILES string of the molecule is CN1C2CCC1C(c1ccccc1)C(C(=O)O)C2. The van der Waals surface area contributed by atoms with E-state index in [4.69, 9.17) is 0 Å². The van der Waals surface area contributed by atoms with Gasteiger partial charge in [-0.2, -0.15) is 0 Å². The standard InChI is InChI=1S/C15H19NO2/c1-16-11-7-8-13(16)14(12(9-11)15(17)18)10-5-3-2-4-6-10/h2-6,11-14H,7-9H2,1H3,(H,17,18). The molecule has 2 bridgehead atoms. The van der Waals surface area contributed by atoms with Crippen molar-refractivity contribution in [3.05, 3.63) is 35.9 Å². The molecule has 2 saturated heterocycles. The molecular weight excluding hydrogens is 226 g/mol. The monoisotopic (exact) mass is 245 g/mol. The van der Waals surface area contributed by atoms with Gasteiger partial charge in [-0.3, -0.25) is 9.69 Å². The summed E-state index contributed by atoms with van der Waals surface area (Å²) in [6.07, 6.45) is 3.07. The van der Waals surface area contributed by atoms with Crippen LogP contribution in [0.5, 0.6) is 0 Å². The third kappa shape index (κ3) is 1.74. The molecule has 1 aromatic rings. The van der Waals surface area contributed by atoms with Crippen LogP contribution in [-0.2, 0) is 4.79 Å². The smallest absolute Gasteiger partial charge is 0.307 e. The Bertz CT molecular complexity index is 445. The highest BCUT2D eigenvalue weighted by Crippen LogP contribution is 2.46. The minimum absolute atomic E-state index is 0.146. The van der Waals surface area contributed by atoms with Gasteiger partial charge >= 0.3 is 5.97 Å². The zero-order valence-electron chi connectivity index (χ0n) is 10.6. The van der Waals surface area contributed by atoms with Crippen LogP contribution in [0.2, 0.25) is 0 Å². The summed E-state index contributed by atoms with van der Waals surface area (Å²) >= 11 is 0. The van der Waals surface area contributed by atoms with Crippen molar-refractivity contribution < 1.29 is 9.90 Å². The van der Waals surface area contributed by atoms with Gasteiger partial charge < -0.3 is 5.11 Å². The first-order valence-corrected chi connectivity index (χ1v) is 6.68. The minimum Gasteiger partial charge on any atom is -0.481 e. The second-order valence-corrected chi connectivity index (χ2v) is 5.58. The number of likely N-dealkylation sites (N-methyl/N-ethyl adjacent to an activating group) is 1. The highest BCUT2D eigenvalue weighted by atomic mass is 16.4. The van der Waals surface area contributed by atoms with Gasteiger partial charge in [0.25, 0.3) is 0 Å². The number of benzene rings is 1. The molecule has 1 aromatic carbocycles. The molecule has 18 heavy (non-hydrogen) atoms. The summed E-state index contributed by atoms with van der Waals surface area (Å²) in [5.74, 6) is -0.706. The number of hydrogen-bond acceptors (Lipinski definition) is 2. The van der Waals surface area contributed by atoms with Crippen LogP contribution < -0.4 is 0 Å². The lowest BCUT2D eigenvalue weighted by atomic mass is 9.76. The maximum atomic E-state index is 11.5. The molecule has 2 aliphatic heterocycles. The van der Waals surface area contributed by atoms with Gasteiger partial charge in [0, 0.05) is 18.0 Å². The highest BCUT2D eigenvalue weighted by molar-refractivity contribution is 5.72. The molecule has 3 rings (SSSR count). The molecule has 0 aliphatic carbocycles. The van der Waals surface area contributed by atoms with Crippen molar-refractivity contribution in [2.24, 2.45) is 5.92 Å². The second-order valence-electron chi connectivity index (χ2n) is 5.58. The van der Waals surface area contributed by atoms with Crippen LogP contribution in [0.4, 0.5) is 0 Å². The maximum absolute atomic E-state index is 11.5. The molecule has 2 heterocycles. The Morgan fingerprint density at radius 3 is 2.67 bits per heavy atom. The Kier molecular flexibility index (Phi) is 2.86. The molecule has 96 valence electrons. The number of aliphatic carboxylic acids is 1. The van der Waals surface area contributed by atoms with E-state index in [9.17, 15) is 9.90 Å². The Hall–Kier alpha value is -1.35. The number of carboxylic acid groups (broad SMARTS) is 1. The van der Waals surface area contributed by atoms with E-state index in [1.54, 1.807) is 0 Å². The van der Waals surface area contributed by atoms with E-state index in [2.05, 4.69) is 24.1 Å². The molecule has 2 fully saturated rings. The molecule has 1 N–H and O–H groups in total. The maximum Gasteiger partial charge on any atom is 0.307 e. The summed E-state index contributed by atoms with van der Waals surface area (Å²) < 4.78 is 0. The zero-order valence-corrected chi connectivity index (χ0v) is 10.6. The van der Waals surface area contributed by atoms with E-state index in [1.807, 2.05) is 18.2 Å². The van der Waals surface area contributed by atoms with Gasteiger partial charge in [0.1, 0.15) is 0 Å². The lowest BCUT2D eigenvalue weighted by molar-refractivity contribution is -0.145. The van der Waals surface area contributed by atoms with Gasteiger partial charge in [-0.15, -0.1) is 0 Å². The molecule has 4 atom stereocenters. The number of carbonyl (C=O) groups is 1. The van der Waals surface area contributed by atoms with Crippen molar-refractivity contribution in [3.63, 3.8) is 0 Å². The van der Waals surface area contributed by atoms with E-state index >= 15 is 0 Å². The number of hydrogen-bond donors (Lipinski definition) is 1. The van der Waals surface area contributed by atoms with E-state index < -0.39 is 5.97 Å². The molecule has 0 amide bonds. The van der Waals surface area contributed by atoms with Gasteiger partial charge in [0.05, 0.1) is 5.92 Å². The molecule has 0 saturated carbocycles. The molecule has 3 nitrogen and oxygen atoms in total. The third-order valence-electron chi connectivity index (χ3n) is 4.77. The lowest BCUT2D eigenvalue weighted by Gasteiger charge is -2.41. The highest BCUT2D eigenvalue weighted by Gasteiger charge is 2.48. The number of carboxylic acids is 1. The third-order valence-corrected chi connectivity index (χ3v) is 4.77. The largest absolute Gasteiger partial charge is 0.481 e. The summed E-state index contributed by atoms with van der Waals surface area (Å²) in [6, 6.07) is 11.0. The summed E-state index contributed by atoms with van der Waals surface area (Å²) in [5.41, 5.74) is 1.18. The van der Waals surface area contributed by atoms with Crippen LogP contribution in [0.1, 0.15) is 30.7 Å². The van der Waals surface area contributed by atoms with Crippen LogP contribution in [0, 0.1) is 5.92 Å². The van der Waals surface area contributed by atoms with Gasteiger partial charge in [-0.25, -0.2) is 0 Å². The van der Waals surface area contributed by atoms with Crippen molar-refractivity contribution in [2.45, 2.75) is 37.3 Å². The summed E-state index contributed by atoms with van der Waals surface area (Å²) in [7, 11) is 2.15. The Balaban J connectivity index is 1.99. The van der Waals surface area contributed by atoms with E-state index in [-0.39, 0.29) is 11.8 Å². The quantitative estimate of drug-likeness (QED) is 0.869. The number of fused-ring (bicyclic) bond motifs is 2. The van der Waals surface area contributed by atoms with Gasteiger partial charge in [-0.1, -0.05) is 30.3 Å². The molecule has 0 spiro atoms. The fourth-order valence-electron chi connectivity index (χ4n) is 3.85. The van der Waals surface area contributed by atoms with Gasteiger partial charge in [0.15, 0.2) is 0 Å². The molecule has 0 radical (unpaired) electrons. The molecule has 4 unspecified atom stereocenters. The predicted octanol–water partition coefficient (Wildman–Crippen LogP) is 2.34. The number of piperidine rings is 1. The fourth-order valence-corrected chi connectivity index (χ4v) is 3.85. The predicted molar refractivity (Wildman–Crippen MR) is 69.5 cm³/mol. The van der Waals surface area contributed by atoms with Crippen LogP contribution in [-0.4, -0.2) is 35.1 Å². The summed E-state index contributed by atoms with van der Waals surface area (Å²) in [6.45, 7) is 0. The summed E-state index contributed by atoms with van der Waals surface area (Å²) in [4.78, 5) is 13.9. The average Bonchev–Trinajstić information content (AvgIpc) is 2.63. The normalized spacial score (nSPS) is 35.6. The molecule has 2 aliphatic rings. The van der Waals surface area contributed by atoms with Crippen LogP contribution >= 0.6 is 0 Å². The Morgan fingerprint density at radius 2 is 2.00 bits per heavy atom. The van der Waals surface area contributed by atoms with Crippen LogP contribution in [0.15, 0.2) is 30.3 Å². The van der Waals surface area contributed by atoms with E-state index in [1.165, 1.54) is 5.56 Å². The zero-order chi connectivity index (χ0) is 12.7. The topological polar surface area (TPSA) is 40.5 Å². The molecule has 0 aromatic heterocycles. The lowest BCUT2D eigenvalue weighted by Crippen LogP contribution is -2.47. The average molecular weight is 245 g/mol. The van der Waals surface area contributed by atoms with Gasteiger partial charge in [-0.05, 0) is 31.9 Å². The minimum atomic E-state index is -0.631.